The normalized spacial score (nSPS) is 11.3. The van der Waals surface area contributed by atoms with Gasteiger partial charge >= 0.3 is 0 Å². The van der Waals surface area contributed by atoms with Crippen LogP contribution in [0.5, 0.6) is 0 Å². The number of hydrogen-bond donors (Lipinski definition) is 1. The molecule has 1 N–H and O–H groups in total. The minimum atomic E-state index is -0.157. The zero-order chi connectivity index (χ0) is 18.1. The average molecular weight is 347 g/mol. The molecule has 2 aromatic heterocycles. The van der Waals surface area contributed by atoms with Crippen LogP contribution < -0.4 is 10.5 Å². The van der Waals surface area contributed by atoms with E-state index < -0.39 is 0 Å². The number of benzene rings is 2. The van der Waals surface area contributed by atoms with Crippen LogP contribution in [0.2, 0.25) is 0 Å². The quantitative estimate of drug-likeness (QED) is 0.602. The summed E-state index contributed by atoms with van der Waals surface area (Å²) >= 11 is 0. The number of nitrogens with one attached hydrogen (secondary N) is 1. The van der Waals surface area contributed by atoms with Gasteiger partial charge in [0, 0.05) is 19.6 Å². The fraction of sp³-hybridized carbons (Fsp3) is 0.250. The van der Waals surface area contributed by atoms with E-state index in [2.05, 4.69) is 45.3 Å². The van der Waals surface area contributed by atoms with E-state index in [4.69, 9.17) is 0 Å². The van der Waals surface area contributed by atoms with Crippen LogP contribution in [-0.4, -0.2) is 32.6 Å². The van der Waals surface area contributed by atoms with Gasteiger partial charge < -0.3 is 9.47 Å². The van der Waals surface area contributed by atoms with E-state index in [0.717, 1.165) is 18.7 Å². The lowest BCUT2D eigenvalue weighted by molar-refractivity contribution is 0.808. The lowest BCUT2D eigenvalue weighted by atomic mass is 10.1. The van der Waals surface area contributed by atoms with Crippen LogP contribution in [0.15, 0.2) is 53.6 Å². The Morgan fingerprint density at radius 1 is 1.08 bits per heavy atom. The molecule has 0 saturated carbocycles. The minimum absolute atomic E-state index is 0.157. The number of anilines is 1. The predicted molar refractivity (Wildman–Crippen MR) is 105 cm³/mol. The average Bonchev–Trinajstić information content (AvgIpc) is 3.06. The molecule has 0 fully saturated rings. The molecule has 2 aromatic carbocycles. The van der Waals surface area contributed by atoms with Gasteiger partial charge in [0.2, 0.25) is 5.95 Å². The summed E-state index contributed by atoms with van der Waals surface area (Å²) in [5.74, 6) is 0.573. The lowest BCUT2D eigenvalue weighted by Gasteiger charge is -2.18. The molecule has 0 bridgehead atoms. The summed E-state index contributed by atoms with van der Waals surface area (Å²) in [6, 6.07) is 14.6. The molecule has 0 aliphatic carbocycles. The van der Waals surface area contributed by atoms with Crippen molar-refractivity contribution >= 4 is 27.9 Å². The van der Waals surface area contributed by atoms with Crippen LogP contribution in [0.3, 0.4) is 0 Å². The van der Waals surface area contributed by atoms with Crippen molar-refractivity contribution in [2.45, 2.75) is 20.4 Å². The molecular weight excluding hydrogens is 326 g/mol. The van der Waals surface area contributed by atoms with Crippen LogP contribution in [-0.2, 0) is 6.54 Å². The molecule has 26 heavy (non-hydrogen) atoms. The van der Waals surface area contributed by atoms with E-state index in [0.29, 0.717) is 23.7 Å². The van der Waals surface area contributed by atoms with Crippen molar-refractivity contribution in [1.82, 2.24) is 19.5 Å². The van der Waals surface area contributed by atoms with Crippen molar-refractivity contribution in [3.63, 3.8) is 0 Å². The number of H-pyrrole nitrogens is 1. The molecular formula is C20H21N5O. The molecule has 0 aliphatic heterocycles. The van der Waals surface area contributed by atoms with Gasteiger partial charge in [0.1, 0.15) is 0 Å². The molecule has 6 heteroatoms. The van der Waals surface area contributed by atoms with Crippen LogP contribution in [0.25, 0.3) is 21.9 Å². The molecule has 0 radical (unpaired) electrons. The first kappa shape index (κ1) is 16.3. The van der Waals surface area contributed by atoms with Crippen molar-refractivity contribution in [2.24, 2.45) is 0 Å². The number of imidazole rings is 1. The first-order valence-electron chi connectivity index (χ1n) is 8.87. The zero-order valence-corrected chi connectivity index (χ0v) is 14.9. The maximum Gasteiger partial charge on any atom is 0.278 e. The highest BCUT2D eigenvalue weighted by molar-refractivity contribution is 5.83. The summed E-state index contributed by atoms with van der Waals surface area (Å²) in [6.07, 6.45) is 1.69. The Morgan fingerprint density at radius 3 is 2.62 bits per heavy atom. The third-order valence-corrected chi connectivity index (χ3v) is 4.70. The van der Waals surface area contributed by atoms with Crippen molar-refractivity contribution in [2.75, 3.05) is 18.0 Å². The van der Waals surface area contributed by atoms with Crippen molar-refractivity contribution in [3.8, 4) is 0 Å². The smallest absolute Gasteiger partial charge is 0.278 e. The van der Waals surface area contributed by atoms with Gasteiger partial charge in [-0.2, -0.15) is 4.98 Å². The van der Waals surface area contributed by atoms with E-state index in [-0.39, 0.29) is 5.56 Å². The second-order valence-corrected chi connectivity index (χ2v) is 6.29. The number of aromatic amines is 1. The minimum Gasteiger partial charge on any atom is -0.343 e. The summed E-state index contributed by atoms with van der Waals surface area (Å²) in [5, 5.41) is 2.39. The molecule has 0 unspecified atom stereocenters. The lowest BCUT2D eigenvalue weighted by Crippen LogP contribution is -2.27. The molecule has 132 valence electrons. The molecule has 2 heterocycles. The molecule has 0 atom stereocenters. The largest absolute Gasteiger partial charge is 0.343 e. The summed E-state index contributed by atoms with van der Waals surface area (Å²) in [6.45, 7) is 6.21. The van der Waals surface area contributed by atoms with Crippen molar-refractivity contribution in [1.29, 1.82) is 0 Å². The highest BCUT2D eigenvalue weighted by atomic mass is 16.1. The molecule has 6 nitrogen and oxygen atoms in total. The van der Waals surface area contributed by atoms with Gasteiger partial charge in [0.05, 0.1) is 6.33 Å². The van der Waals surface area contributed by atoms with Crippen LogP contribution in [0, 0.1) is 0 Å². The molecule has 0 amide bonds. The molecule has 4 rings (SSSR count). The van der Waals surface area contributed by atoms with Crippen molar-refractivity contribution in [3.05, 3.63) is 64.7 Å². The first-order chi connectivity index (χ1) is 12.7. The Kier molecular flexibility index (Phi) is 4.16. The van der Waals surface area contributed by atoms with Gasteiger partial charge in [-0.15, -0.1) is 0 Å². The second kappa shape index (κ2) is 6.63. The van der Waals surface area contributed by atoms with E-state index >= 15 is 0 Å². The topological polar surface area (TPSA) is 66.8 Å². The standard InChI is InChI=1S/C20H21N5O/c1-3-24(4-2)20-22-18-17(19(26)23-20)25(13-21-18)12-14-9-10-15-7-5-6-8-16(15)11-14/h5-11,13H,3-4,12H2,1-2H3,(H,22,23,26). The number of nitrogens with zero attached hydrogens (tertiary/aromatic N) is 4. The Labute approximate surface area is 151 Å². The maximum absolute atomic E-state index is 12.6. The third kappa shape index (κ3) is 2.83. The predicted octanol–water partition coefficient (Wildman–Crippen LogP) is 3.17. The van der Waals surface area contributed by atoms with E-state index in [1.165, 1.54) is 10.8 Å². The monoisotopic (exact) mass is 347 g/mol. The molecule has 4 aromatic rings. The van der Waals surface area contributed by atoms with E-state index in [1.54, 1.807) is 6.33 Å². The Morgan fingerprint density at radius 2 is 1.85 bits per heavy atom. The van der Waals surface area contributed by atoms with E-state index in [9.17, 15) is 4.79 Å². The van der Waals surface area contributed by atoms with Gasteiger partial charge in [-0.25, -0.2) is 4.98 Å². The number of rotatable bonds is 5. The van der Waals surface area contributed by atoms with Crippen LogP contribution >= 0.6 is 0 Å². The fourth-order valence-electron chi connectivity index (χ4n) is 3.30. The Bertz CT molecular complexity index is 1120. The zero-order valence-electron chi connectivity index (χ0n) is 14.9. The molecule has 0 saturated heterocycles. The molecule has 0 aliphatic rings. The number of aromatic nitrogens is 4. The number of hydrogen-bond acceptors (Lipinski definition) is 4. The third-order valence-electron chi connectivity index (χ3n) is 4.70. The second-order valence-electron chi connectivity index (χ2n) is 6.29. The molecule has 0 spiro atoms. The fourth-order valence-corrected chi connectivity index (χ4v) is 3.30. The SMILES string of the molecule is CCN(CC)c1nc2ncn(Cc3ccc4ccccc4c3)c2c(=O)[nH]1. The van der Waals surface area contributed by atoms with E-state index in [1.807, 2.05) is 35.4 Å². The summed E-state index contributed by atoms with van der Waals surface area (Å²) < 4.78 is 1.86. The summed E-state index contributed by atoms with van der Waals surface area (Å²) in [5.41, 5.74) is 1.95. The Balaban J connectivity index is 1.73. The van der Waals surface area contributed by atoms with Gasteiger partial charge in [-0.05, 0) is 36.2 Å². The summed E-state index contributed by atoms with van der Waals surface area (Å²) in [7, 11) is 0. The van der Waals surface area contributed by atoms with Crippen LogP contribution in [0.1, 0.15) is 19.4 Å². The van der Waals surface area contributed by atoms with Crippen molar-refractivity contribution < 1.29 is 0 Å². The Hall–Kier alpha value is -3.15. The highest BCUT2D eigenvalue weighted by Gasteiger charge is 2.13. The maximum atomic E-state index is 12.6. The van der Waals surface area contributed by atoms with Gasteiger partial charge in [0.15, 0.2) is 11.2 Å². The van der Waals surface area contributed by atoms with Gasteiger partial charge in [-0.3, -0.25) is 9.78 Å². The number of fused-ring (bicyclic) bond motifs is 2. The van der Waals surface area contributed by atoms with Gasteiger partial charge in [0.25, 0.3) is 5.56 Å². The highest BCUT2D eigenvalue weighted by Crippen LogP contribution is 2.18. The summed E-state index contributed by atoms with van der Waals surface area (Å²) in [4.78, 5) is 26.4. The van der Waals surface area contributed by atoms with Crippen LogP contribution in [0.4, 0.5) is 5.95 Å². The first-order valence-corrected chi connectivity index (χ1v) is 8.87. The van der Waals surface area contributed by atoms with Gasteiger partial charge in [-0.1, -0.05) is 36.4 Å².